The number of rotatable bonds is 4. The molecule has 2 heterocycles. The van der Waals surface area contributed by atoms with Crippen molar-refractivity contribution in [2.24, 2.45) is 0 Å². The van der Waals surface area contributed by atoms with Crippen LogP contribution in [0.2, 0.25) is 0 Å². The number of nitrogens with one attached hydrogen (secondary N) is 1. The zero-order valence-electron chi connectivity index (χ0n) is 16.3. The predicted molar refractivity (Wildman–Crippen MR) is 104 cm³/mol. The first kappa shape index (κ1) is 18.7. The minimum atomic E-state index is -0.171. The molecule has 1 aromatic carbocycles. The van der Waals surface area contributed by atoms with Crippen molar-refractivity contribution < 1.29 is 14.3 Å². The highest BCUT2D eigenvalue weighted by molar-refractivity contribution is 5.76. The predicted octanol–water partition coefficient (Wildman–Crippen LogP) is 2.12. The lowest BCUT2D eigenvalue weighted by atomic mass is 9.99. The van der Waals surface area contributed by atoms with Crippen molar-refractivity contribution in [3.05, 3.63) is 35.4 Å². The summed E-state index contributed by atoms with van der Waals surface area (Å²) in [4.78, 5) is 17.4. The maximum absolute atomic E-state index is 13.1. The number of morpholine rings is 1. The molecule has 2 saturated heterocycles. The summed E-state index contributed by atoms with van der Waals surface area (Å²) in [6.07, 6.45) is 3.01. The monoisotopic (exact) mass is 373 g/mol. The molecule has 4 rings (SSSR count). The molecule has 148 valence electrons. The van der Waals surface area contributed by atoms with Crippen molar-refractivity contribution in [1.29, 1.82) is 0 Å². The summed E-state index contributed by atoms with van der Waals surface area (Å²) in [6, 6.07) is 8.44. The normalized spacial score (nSPS) is 25.7. The molecule has 1 N–H and O–H groups in total. The summed E-state index contributed by atoms with van der Waals surface area (Å²) in [5.41, 5.74) is 2.34. The van der Waals surface area contributed by atoms with Crippen LogP contribution in [0.25, 0.3) is 0 Å². The van der Waals surface area contributed by atoms with Crippen LogP contribution in [0.4, 0.5) is 4.79 Å². The molecule has 0 unspecified atom stereocenters. The van der Waals surface area contributed by atoms with Gasteiger partial charge in [0.15, 0.2) is 0 Å². The van der Waals surface area contributed by atoms with Gasteiger partial charge in [-0.3, -0.25) is 4.90 Å². The van der Waals surface area contributed by atoms with E-state index in [-0.39, 0.29) is 17.7 Å². The van der Waals surface area contributed by atoms with E-state index in [1.165, 1.54) is 11.1 Å². The number of hydrogen-bond acceptors (Lipinski definition) is 4. The van der Waals surface area contributed by atoms with Gasteiger partial charge in [0.25, 0.3) is 0 Å². The molecule has 0 aromatic heterocycles. The van der Waals surface area contributed by atoms with E-state index in [9.17, 15) is 4.79 Å². The zero-order valence-corrected chi connectivity index (χ0v) is 16.3. The minimum Gasteiger partial charge on any atom is -0.379 e. The molecule has 3 aliphatic rings. The second kappa shape index (κ2) is 8.17. The summed E-state index contributed by atoms with van der Waals surface area (Å²) in [5.74, 6) is 0. The molecule has 6 nitrogen and oxygen atoms in total. The number of aryl methyl sites for hydroxylation is 1. The van der Waals surface area contributed by atoms with Crippen LogP contribution < -0.4 is 5.32 Å². The second-order valence-electron chi connectivity index (χ2n) is 8.03. The maximum Gasteiger partial charge on any atom is 0.318 e. The SMILES string of the molecule is Cc1ccccc1C1(NC(=O)N2CCCO[C@H](CN3CCOCC3)C2)CC1. The largest absolute Gasteiger partial charge is 0.379 e. The molecule has 0 spiro atoms. The molecule has 1 aromatic rings. The van der Waals surface area contributed by atoms with Gasteiger partial charge in [-0.2, -0.15) is 0 Å². The molecule has 2 aliphatic heterocycles. The number of nitrogens with zero attached hydrogens (tertiary/aromatic N) is 2. The molecular formula is C21H31N3O3. The van der Waals surface area contributed by atoms with E-state index in [4.69, 9.17) is 9.47 Å². The van der Waals surface area contributed by atoms with Crippen molar-refractivity contribution in [1.82, 2.24) is 15.1 Å². The molecule has 27 heavy (non-hydrogen) atoms. The van der Waals surface area contributed by atoms with E-state index in [2.05, 4.69) is 41.4 Å². The van der Waals surface area contributed by atoms with Crippen LogP contribution >= 0.6 is 0 Å². The van der Waals surface area contributed by atoms with Crippen LogP contribution in [0.5, 0.6) is 0 Å². The van der Waals surface area contributed by atoms with Gasteiger partial charge in [0.2, 0.25) is 0 Å². The minimum absolute atomic E-state index is 0.0493. The number of ether oxygens (including phenoxy) is 2. The third-order valence-electron chi connectivity index (χ3n) is 5.96. The first-order valence-corrected chi connectivity index (χ1v) is 10.2. The van der Waals surface area contributed by atoms with E-state index in [0.29, 0.717) is 6.54 Å². The lowest BCUT2D eigenvalue weighted by Gasteiger charge is -2.32. The van der Waals surface area contributed by atoms with Gasteiger partial charge >= 0.3 is 6.03 Å². The van der Waals surface area contributed by atoms with Crippen LogP contribution in [0.3, 0.4) is 0 Å². The number of amides is 2. The first-order chi connectivity index (χ1) is 13.2. The summed E-state index contributed by atoms with van der Waals surface area (Å²) in [5, 5.41) is 3.34. The lowest BCUT2D eigenvalue weighted by molar-refractivity contribution is -0.0101. The Labute approximate surface area is 161 Å². The number of hydrogen-bond donors (Lipinski definition) is 1. The molecule has 0 radical (unpaired) electrons. The Morgan fingerprint density at radius 1 is 1.19 bits per heavy atom. The molecular weight excluding hydrogens is 342 g/mol. The van der Waals surface area contributed by atoms with Crippen molar-refractivity contribution in [3.63, 3.8) is 0 Å². The Balaban J connectivity index is 1.38. The molecule has 1 atom stereocenters. The smallest absolute Gasteiger partial charge is 0.318 e. The highest BCUT2D eigenvalue weighted by atomic mass is 16.5. The second-order valence-corrected chi connectivity index (χ2v) is 8.03. The molecule has 0 bridgehead atoms. The van der Waals surface area contributed by atoms with Gasteiger partial charge in [-0.1, -0.05) is 24.3 Å². The Bertz CT molecular complexity index is 656. The van der Waals surface area contributed by atoms with Gasteiger partial charge in [0, 0.05) is 39.3 Å². The van der Waals surface area contributed by atoms with Gasteiger partial charge < -0.3 is 19.7 Å². The summed E-state index contributed by atoms with van der Waals surface area (Å²) >= 11 is 0. The van der Waals surface area contributed by atoms with E-state index in [0.717, 1.165) is 65.3 Å². The van der Waals surface area contributed by atoms with Crippen molar-refractivity contribution in [3.8, 4) is 0 Å². The fourth-order valence-electron chi connectivity index (χ4n) is 4.24. The van der Waals surface area contributed by atoms with E-state index < -0.39 is 0 Å². The Hall–Kier alpha value is -1.63. The van der Waals surface area contributed by atoms with Gasteiger partial charge in [-0.15, -0.1) is 0 Å². The first-order valence-electron chi connectivity index (χ1n) is 10.2. The molecule has 1 aliphatic carbocycles. The average molecular weight is 373 g/mol. The van der Waals surface area contributed by atoms with Crippen LogP contribution in [-0.4, -0.2) is 74.5 Å². The molecule has 3 fully saturated rings. The van der Waals surface area contributed by atoms with Crippen LogP contribution in [0.1, 0.15) is 30.4 Å². The quantitative estimate of drug-likeness (QED) is 0.878. The fraction of sp³-hybridized carbons (Fsp3) is 0.667. The van der Waals surface area contributed by atoms with Crippen molar-refractivity contribution in [2.45, 2.75) is 37.8 Å². The molecule has 6 heteroatoms. The number of urea groups is 1. The summed E-state index contributed by atoms with van der Waals surface area (Å²) in [7, 11) is 0. The lowest BCUT2D eigenvalue weighted by Crippen LogP contribution is -2.50. The third kappa shape index (κ3) is 4.45. The summed E-state index contributed by atoms with van der Waals surface area (Å²) < 4.78 is 11.5. The van der Waals surface area contributed by atoms with Gasteiger partial charge in [0.1, 0.15) is 0 Å². The number of benzene rings is 1. The summed E-state index contributed by atoms with van der Waals surface area (Å²) in [6.45, 7) is 8.61. The van der Waals surface area contributed by atoms with Gasteiger partial charge in [0.05, 0.1) is 24.9 Å². The highest BCUT2D eigenvalue weighted by Crippen LogP contribution is 2.46. The number of carbonyl (C=O) groups is 1. The van der Waals surface area contributed by atoms with Crippen LogP contribution in [0.15, 0.2) is 24.3 Å². The maximum atomic E-state index is 13.1. The van der Waals surface area contributed by atoms with Crippen LogP contribution in [0, 0.1) is 6.92 Å². The Kier molecular flexibility index (Phi) is 5.66. The zero-order chi connectivity index (χ0) is 18.7. The van der Waals surface area contributed by atoms with Crippen molar-refractivity contribution >= 4 is 6.03 Å². The van der Waals surface area contributed by atoms with E-state index in [1.807, 2.05) is 4.90 Å². The highest BCUT2D eigenvalue weighted by Gasteiger charge is 2.47. The van der Waals surface area contributed by atoms with E-state index in [1.54, 1.807) is 0 Å². The average Bonchev–Trinajstić information content (AvgIpc) is 3.48. The van der Waals surface area contributed by atoms with Crippen LogP contribution in [-0.2, 0) is 15.0 Å². The molecule has 1 saturated carbocycles. The van der Waals surface area contributed by atoms with Gasteiger partial charge in [-0.25, -0.2) is 4.79 Å². The van der Waals surface area contributed by atoms with Gasteiger partial charge in [-0.05, 0) is 37.3 Å². The Morgan fingerprint density at radius 2 is 1.96 bits per heavy atom. The topological polar surface area (TPSA) is 54.0 Å². The molecule has 2 amide bonds. The fourth-order valence-corrected chi connectivity index (χ4v) is 4.24. The Morgan fingerprint density at radius 3 is 2.70 bits per heavy atom. The van der Waals surface area contributed by atoms with Crippen molar-refractivity contribution in [2.75, 3.05) is 52.5 Å². The number of carbonyl (C=O) groups excluding carboxylic acids is 1. The van der Waals surface area contributed by atoms with E-state index >= 15 is 0 Å². The third-order valence-corrected chi connectivity index (χ3v) is 5.96. The standard InChI is InChI=1S/C21H31N3O3/c1-17-5-2-3-6-19(17)21(7-8-21)22-20(25)24-9-4-12-27-18(16-24)15-23-10-13-26-14-11-23/h2-3,5-6,18H,4,7-16H2,1H3,(H,22,25)/t18-/m1/s1.